The van der Waals surface area contributed by atoms with Crippen molar-refractivity contribution in [1.82, 2.24) is 15.8 Å². The quantitative estimate of drug-likeness (QED) is 0.798. The second-order valence-corrected chi connectivity index (χ2v) is 7.59. The van der Waals surface area contributed by atoms with Crippen molar-refractivity contribution in [2.75, 3.05) is 20.2 Å². The molecule has 2 aromatic carbocycles. The monoisotopic (exact) mass is 365 g/mol. The van der Waals surface area contributed by atoms with Crippen LogP contribution >= 0.6 is 0 Å². The number of carbonyl (C=O) groups is 1. The van der Waals surface area contributed by atoms with E-state index in [1.54, 1.807) is 14.0 Å². The van der Waals surface area contributed by atoms with Gasteiger partial charge in [-0.05, 0) is 42.7 Å². The van der Waals surface area contributed by atoms with Crippen molar-refractivity contribution < 1.29 is 9.53 Å². The van der Waals surface area contributed by atoms with Crippen molar-refractivity contribution >= 4 is 5.78 Å². The van der Waals surface area contributed by atoms with Gasteiger partial charge in [0.1, 0.15) is 5.75 Å². The molecule has 2 aliphatic heterocycles. The van der Waals surface area contributed by atoms with Gasteiger partial charge in [0.2, 0.25) is 0 Å². The lowest BCUT2D eigenvalue weighted by molar-refractivity contribution is 0.101. The summed E-state index contributed by atoms with van der Waals surface area (Å²) in [7, 11) is 1.71. The molecule has 3 unspecified atom stereocenters. The van der Waals surface area contributed by atoms with Crippen molar-refractivity contribution in [2.24, 2.45) is 5.92 Å². The zero-order chi connectivity index (χ0) is 18.8. The van der Waals surface area contributed by atoms with Gasteiger partial charge < -0.3 is 4.74 Å². The molecule has 0 aliphatic carbocycles. The number of methoxy groups -OCH3 is 1. The molecule has 0 saturated carbocycles. The molecule has 2 saturated heterocycles. The molecule has 4 rings (SSSR count). The van der Waals surface area contributed by atoms with E-state index in [0.29, 0.717) is 12.0 Å². The molecule has 2 heterocycles. The number of hydrogen-bond acceptors (Lipinski definition) is 5. The Hall–Kier alpha value is -2.21. The van der Waals surface area contributed by atoms with E-state index >= 15 is 0 Å². The maximum absolute atomic E-state index is 11.7. The predicted molar refractivity (Wildman–Crippen MR) is 106 cm³/mol. The summed E-state index contributed by atoms with van der Waals surface area (Å²) in [5.74, 6) is 1.52. The summed E-state index contributed by atoms with van der Waals surface area (Å²) in [4.78, 5) is 14.2. The van der Waals surface area contributed by atoms with E-state index in [-0.39, 0.29) is 11.8 Å². The molecule has 27 heavy (non-hydrogen) atoms. The Labute approximate surface area is 160 Å². The van der Waals surface area contributed by atoms with E-state index in [9.17, 15) is 4.79 Å². The topological polar surface area (TPSA) is 53.6 Å². The predicted octanol–water partition coefficient (Wildman–Crippen LogP) is 2.94. The molecule has 0 spiro atoms. The molecule has 0 bridgehead atoms. The van der Waals surface area contributed by atoms with Crippen LogP contribution in [-0.2, 0) is 6.54 Å². The molecule has 2 N–H and O–H groups in total. The molecule has 3 atom stereocenters. The first-order valence-electron chi connectivity index (χ1n) is 9.61. The minimum absolute atomic E-state index is 0.123. The number of hydrogen-bond donors (Lipinski definition) is 2. The number of fused-ring (bicyclic) bond motifs is 1. The number of hydrazine groups is 1. The van der Waals surface area contributed by atoms with Gasteiger partial charge in [-0.1, -0.05) is 30.3 Å². The molecule has 5 heteroatoms. The van der Waals surface area contributed by atoms with Crippen molar-refractivity contribution in [1.29, 1.82) is 0 Å². The molecular formula is C22H27N3O2. The number of nitrogens with one attached hydrogen (secondary N) is 2. The highest BCUT2D eigenvalue weighted by molar-refractivity contribution is 5.94. The molecule has 2 aromatic rings. The third-order valence-electron chi connectivity index (χ3n) is 5.79. The van der Waals surface area contributed by atoms with Gasteiger partial charge in [0.15, 0.2) is 5.78 Å². The summed E-state index contributed by atoms with van der Waals surface area (Å²) in [6, 6.07) is 17.1. The summed E-state index contributed by atoms with van der Waals surface area (Å²) in [6.07, 6.45) is 1.12. The number of nitrogens with zero attached hydrogens (tertiary/aromatic N) is 1. The smallest absolute Gasteiger partial charge is 0.159 e. The van der Waals surface area contributed by atoms with E-state index in [4.69, 9.17) is 4.74 Å². The van der Waals surface area contributed by atoms with E-state index in [1.807, 2.05) is 24.3 Å². The van der Waals surface area contributed by atoms with Crippen LogP contribution in [0.3, 0.4) is 0 Å². The second-order valence-electron chi connectivity index (χ2n) is 7.59. The fourth-order valence-corrected chi connectivity index (χ4v) is 4.33. The first-order valence-corrected chi connectivity index (χ1v) is 9.61. The fraction of sp³-hybridized carbons (Fsp3) is 0.409. The lowest BCUT2D eigenvalue weighted by Gasteiger charge is -2.36. The van der Waals surface area contributed by atoms with Crippen LogP contribution in [0.5, 0.6) is 5.75 Å². The minimum Gasteiger partial charge on any atom is -0.497 e. The van der Waals surface area contributed by atoms with Crippen LogP contribution in [0.15, 0.2) is 48.5 Å². The Kier molecular flexibility index (Phi) is 5.25. The SMILES string of the molecule is COc1cccc(C2NNC3CCN(Cc4cccc(C(C)=O)c4)CC32)c1. The molecule has 2 fully saturated rings. The lowest BCUT2D eigenvalue weighted by atomic mass is 9.85. The van der Waals surface area contributed by atoms with E-state index in [2.05, 4.69) is 40.0 Å². The molecule has 5 nitrogen and oxygen atoms in total. The number of ether oxygens (including phenoxy) is 1. The molecule has 2 aliphatic rings. The Morgan fingerprint density at radius 1 is 1.19 bits per heavy atom. The van der Waals surface area contributed by atoms with Crippen molar-refractivity contribution in [2.45, 2.75) is 32.0 Å². The van der Waals surface area contributed by atoms with E-state index in [1.165, 1.54) is 11.1 Å². The standard InChI is InChI=1S/C22H27N3O2/c1-15(26)17-6-3-5-16(11-17)13-25-10-9-21-20(14-25)22(24-23-21)18-7-4-8-19(12-18)27-2/h3-8,11-12,20-24H,9-10,13-14H2,1-2H3. The normalized spacial score (nSPS) is 25.2. The molecule has 0 radical (unpaired) electrons. The van der Waals surface area contributed by atoms with Gasteiger partial charge in [-0.25, -0.2) is 5.43 Å². The highest BCUT2D eigenvalue weighted by Gasteiger charge is 2.40. The maximum Gasteiger partial charge on any atom is 0.159 e. The van der Waals surface area contributed by atoms with Crippen molar-refractivity contribution in [3.8, 4) is 5.75 Å². The summed E-state index contributed by atoms with van der Waals surface area (Å²) in [5, 5.41) is 0. The van der Waals surface area contributed by atoms with Crippen LogP contribution in [0.4, 0.5) is 0 Å². The Balaban J connectivity index is 1.48. The van der Waals surface area contributed by atoms with E-state index < -0.39 is 0 Å². The molecule has 0 amide bonds. The van der Waals surface area contributed by atoms with Crippen LogP contribution in [-0.4, -0.2) is 36.9 Å². The van der Waals surface area contributed by atoms with Crippen LogP contribution < -0.4 is 15.6 Å². The number of rotatable bonds is 5. The van der Waals surface area contributed by atoms with Crippen LogP contribution in [0.25, 0.3) is 0 Å². The van der Waals surface area contributed by atoms with Gasteiger partial charge in [-0.2, -0.15) is 0 Å². The average molecular weight is 365 g/mol. The van der Waals surface area contributed by atoms with Gasteiger partial charge >= 0.3 is 0 Å². The van der Waals surface area contributed by atoms with Crippen molar-refractivity contribution in [3.05, 3.63) is 65.2 Å². The van der Waals surface area contributed by atoms with Crippen molar-refractivity contribution in [3.63, 3.8) is 0 Å². The Morgan fingerprint density at radius 2 is 2.04 bits per heavy atom. The summed E-state index contributed by atoms with van der Waals surface area (Å²) in [5.41, 5.74) is 10.2. The number of benzene rings is 2. The fourth-order valence-electron chi connectivity index (χ4n) is 4.33. The molecular weight excluding hydrogens is 338 g/mol. The molecule has 142 valence electrons. The average Bonchev–Trinajstić information content (AvgIpc) is 3.11. The van der Waals surface area contributed by atoms with Gasteiger partial charge in [0, 0.05) is 37.2 Å². The Bertz CT molecular complexity index is 823. The largest absolute Gasteiger partial charge is 0.497 e. The zero-order valence-electron chi connectivity index (χ0n) is 15.9. The van der Waals surface area contributed by atoms with Gasteiger partial charge in [-0.15, -0.1) is 0 Å². The number of ketones is 1. The minimum atomic E-state index is 0.123. The third-order valence-corrected chi connectivity index (χ3v) is 5.79. The van der Waals surface area contributed by atoms with Crippen LogP contribution in [0.2, 0.25) is 0 Å². The maximum atomic E-state index is 11.7. The highest BCUT2D eigenvalue weighted by Crippen LogP contribution is 2.35. The molecule has 0 aromatic heterocycles. The number of carbonyl (C=O) groups excluding carboxylic acids is 1. The third kappa shape index (κ3) is 3.90. The highest BCUT2D eigenvalue weighted by atomic mass is 16.5. The second kappa shape index (κ2) is 7.80. The van der Waals surface area contributed by atoms with Gasteiger partial charge in [0.05, 0.1) is 13.2 Å². The number of Topliss-reactive ketones (excluding diaryl/α,β-unsaturated/α-hetero) is 1. The van der Waals surface area contributed by atoms with E-state index in [0.717, 1.165) is 37.4 Å². The number of piperidine rings is 1. The van der Waals surface area contributed by atoms with Gasteiger partial charge in [-0.3, -0.25) is 15.1 Å². The lowest BCUT2D eigenvalue weighted by Crippen LogP contribution is -2.45. The van der Waals surface area contributed by atoms with Crippen LogP contribution in [0, 0.1) is 5.92 Å². The van der Waals surface area contributed by atoms with Gasteiger partial charge in [0.25, 0.3) is 0 Å². The summed E-state index contributed by atoms with van der Waals surface area (Å²) >= 11 is 0. The first kappa shape index (κ1) is 18.2. The summed E-state index contributed by atoms with van der Waals surface area (Å²) < 4.78 is 5.39. The number of likely N-dealkylation sites (tertiary alicyclic amines) is 1. The summed E-state index contributed by atoms with van der Waals surface area (Å²) in [6.45, 7) is 4.59. The zero-order valence-corrected chi connectivity index (χ0v) is 15.9. The van der Waals surface area contributed by atoms with Crippen LogP contribution in [0.1, 0.15) is 40.9 Å². The Morgan fingerprint density at radius 3 is 2.85 bits per heavy atom. The first-order chi connectivity index (χ1) is 13.1.